The Hall–Kier alpha value is -2.15. The second-order valence-electron chi connectivity index (χ2n) is 7.77. The molecule has 0 unspecified atom stereocenters. The fourth-order valence-electron chi connectivity index (χ4n) is 3.86. The number of aromatic nitrogens is 4. The van der Waals surface area contributed by atoms with E-state index in [1.54, 1.807) is 0 Å². The van der Waals surface area contributed by atoms with Gasteiger partial charge < -0.3 is 10.2 Å². The molecule has 0 aromatic carbocycles. The van der Waals surface area contributed by atoms with Crippen LogP contribution in [0.25, 0.3) is 0 Å². The molecule has 26 heavy (non-hydrogen) atoms. The molecule has 1 N–H and O–H groups in total. The topological polar surface area (TPSA) is 62.1 Å². The van der Waals surface area contributed by atoms with Crippen LogP contribution in [-0.4, -0.2) is 50.3 Å². The number of anilines is 2. The van der Waals surface area contributed by atoms with Gasteiger partial charge in [0.25, 0.3) is 0 Å². The summed E-state index contributed by atoms with van der Waals surface area (Å²) in [5.41, 5.74) is 3.73. The van der Waals surface area contributed by atoms with Crippen LogP contribution in [0.3, 0.4) is 0 Å². The third-order valence-corrected chi connectivity index (χ3v) is 5.11. The zero-order chi connectivity index (χ0) is 18.1. The molecule has 7 heteroatoms. The number of aryl methyl sites for hydroxylation is 1. The SMILES string of the molecule is CC(C)Nc1nc(N2CCCC2)nc2c1CN(Cc1cnn(C)c1)CC2. The molecule has 4 heterocycles. The van der Waals surface area contributed by atoms with E-state index in [-0.39, 0.29) is 0 Å². The summed E-state index contributed by atoms with van der Waals surface area (Å²) in [6, 6.07) is 0.356. The normalized spacial score (nSPS) is 17.8. The van der Waals surface area contributed by atoms with Crippen LogP contribution in [0.1, 0.15) is 43.5 Å². The van der Waals surface area contributed by atoms with Crippen LogP contribution in [0, 0.1) is 0 Å². The highest BCUT2D eigenvalue weighted by Crippen LogP contribution is 2.28. The van der Waals surface area contributed by atoms with Crippen LogP contribution in [0.4, 0.5) is 11.8 Å². The smallest absolute Gasteiger partial charge is 0.227 e. The van der Waals surface area contributed by atoms with Crippen molar-refractivity contribution in [1.82, 2.24) is 24.6 Å². The fourth-order valence-corrected chi connectivity index (χ4v) is 3.86. The van der Waals surface area contributed by atoms with Crippen molar-refractivity contribution in [3.05, 3.63) is 29.2 Å². The van der Waals surface area contributed by atoms with Gasteiger partial charge in [-0.15, -0.1) is 0 Å². The van der Waals surface area contributed by atoms with Gasteiger partial charge in [0.15, 0.2) is 0 Å². The minimum atomic E-state index is 0.356. The maximum atomic E-state index is 4.94. The molecule has 0 atom stereocenters. The lowest BCUT2D eigenvalue weighted by atomic mass is 10.1. The zero-order valence-electron chi connectivity index (χ0n) is 16.1. The van der Waals surface area contributed by atoms with Gasteiger partial charge in [-0.25, -0.2) is 4.98 Å². The van der Waals surface area contributed by atoms with E-state index < -0.39 is 0 Å². The predicted octanol–water partition coefficient (Wildman–Crippen LogP) is 2.19. The molecule has 2 aromatic heterocycles. The average Bonchev–Trinajstić information content (AvgIpc) is 3.26. The van der Waals surface area contributed by atoms with Gasteiger partial charge in [-0.1, -0.05) is 0 Å². The van der Waals surface area contributed by atoms with Gasteiger partial charge >= 0.3 is 0 Å². The first-order valence-corrected chi connectivity index (χ1v) is 9.69. The first kappa shape index (κ1) is 17.3. The summed E-state index contributed by atoms with van der Waals surface area (Å²) in [5, 5.41) is 7.85. The third kappa shape index (κ3) is 3.67. The summed E-state index contributed by atoms with van der Waals surface area (Å²) in [6.07, 6.45) is 7.51. The number of nitrogens with zero attached hydrogens (tertiary/aromatic N) is 6. The molecule has 140 valence electrons. The third-order valence-electron chi connectivity index (χ3n) is 5.11. The highest BCUT2D eigenvalue weighted by Gasteiger charge is 2.25. The average molecular weight is 355 g/mol. The molecule has 0 amide bonds. The molecule has 7 nitrogen and oxygen atoms in total. The van der Waals surface area contributed by atoms with Crippen LogP contribution < -0.4 is 10.2 Å². The molecular formula is C19H29N7. The quantitative estimate of drug-likeness (QED) is 0.887. The van der Waals surface area contributed by atoms with E-state index in [9.17, 15) is 0 Å². The van der Waals surface area contributed by atoms with Gasteiger partial charge in [0.05, 0.1) is 11.9 Å². The van der Waals surface area contributed by atoms with E-state index in [0.717, 1.165) is 50.9 Å². The van der Waals surface area contributed by atoms with Crippen molar-refractivity contribution >= 4 is 11.8 Å². The highest BCUT2D eigenvalue weighted by molar-refractivity contribution is 5.53. The maximum Gasteiger partial charge on any atom is 0.227 e. The molecule has 0 saturated carbocycles. The Morgan fingerprint density at radius 2 is 1.96 bits per heavy atom. The Labute approximate surface area is 155 Å². The summed E-state index contributed by atoms with van der Waals surface area (Å²) < 4.78 is 1.87. The zero-order valence-corrected chi connectivity index (χ0v) is 16.1. The lowest BCUT2D eigenvalue weighted by Gasteiger charge is -2.30. The van der Waals surface area contributed by atoms with Crippen LogP contribution in [-0.2, 0) is 26.6 Å². The van der Waals surface area contributed by atoms with Gasteiger partial charge in [0.1, 0.15) is 5.82 Å². The van der Waals surface area contributed by atoms with Crippen molar-refractivity contribution in [3.8, 4) is 0 Å². The van der Waals surface area contributed by atoms with E-state index >= 15 is 0 Å². The minimum Gasteiger partial charge on any atom is -0.367 e. The van der Waals surface area contributed by atoms with Crippen molar-refractivity contribution in [2.75, 3.05) is 29.9 Å². The van der Waals surface area contributed by atoms with Crippen molar-refractivity contribution in [2.24, 2.45) is 7.05 Å². The van der Waals surface area contributed by atoms with E-state index in [1.807, 2.05) is 17.9 Å². The Morgan fingerprint density at radius 3 is 2.65 bits per heavy atom. The minimum absolute atomic E-state index is 0.356. The fraction of sp³-hybridized carbons (Fsp3) is 0.632. The second kappa shape index (κ2) is 7.23. The summed E-state index contributed by atoms with van der Waals surface area (Å²) in [6.45, 7) is 9.32. The standard InChI is InChI=1S/C19H29N7/c1-14(2)21-18-16-13-25(12-15-10-20-24(3)11-15)9-6-17(16)22-19(23-18)26-7-4-5-8-26/h10-11,14H,4-9,12-13H2,1-3H3,(H,21,22,23). The molecule has 0 bridgehead atoms. The predicted molar refractivity (Wildman–Crippen MR) is 103 cm³/mol. The van der Waals surface area contributed by atoms with Crippen molar-refractivity contribution in [3.63, 3.8) is 0 Å². The second-order valence-corrected chi connectivity index (χ2v) is 7.77. The summed E-state index contributed by atoms with van der Waals surface area (Å²) in [5.74, 6) is 1.92. The van der Waals surface area contributed by atoms with Crippen molar-refractivity contribution < 1.29 is 0 Å². The van der Waals surface area contributed by atoms with Gasteiger partial charge in [0, 0.05) is 69.6 Å². The van der Waals surface area contributed by atoms with Crippen LogP contribution in [0.5, 0.6) is 0 Å². The van der Waals surface area contributed by atoms with Gasteiger partial charge in [-0.05, 0) is 26.7 Å². The number of hydrogen-bond donors (Lipinski definition) is 1. The first-order chi connectivity index (χ1) is 12.6. The largest absolute Gasteiger partial charge is 0.367 e. The van der Waals surface area contributed by atoms with Crippen molar-refractivity contribution in [2.45, 2.75) is 52.2 Å². The number of hydrogen-bond acceptors (Lipinski definition) is 6. The molecule has 0 radical (unpaired) electrons. The van der Waals surface area contributed by atoms with E-state index in [4.69, 9.17) is 9.97 Å². The molecular weight excluding hydrogens is 326 g/mol. The monoisotopic (exact) mass is 355 g/mol. The lowest BCUT2D eigenvalue weighted by molar-refractivity contribution is 0.243. The van der Waals surface area contributed by atoms with Gasteiger partial charge in [-0.2, -0.15) is 10.1 Å². The first-order valence-electron chi connectivity index (χ1n) is 9.69. The van der Waals surface area contributed by atoms with Crippen LogP contribution in [0.15, 0.2) is 12.4 Å². The molecule has 2 aromatic rings. The number of nitrogens with one attached hydrogen (secondary N) is 1. The van der Waals surface area contributed by atoms with Crippen LogP contribution in [0.2, 0.25) is 0 Å². The van der Waals surface area contributed by atoms with Crippen molar-refractivity contribution in [1.29, 1.82) is 0 Å². The Kier molecular flexibility index (Phi) is 4.80. The molecule has 2 aliphatic heterocycles. The molecule has 0 aliphatic carbocycles. The molecule has 2 aliphatic rings. The number of fused-ring (bicyclic) bond motifs is 1. The number of rotatable bonds is 5. The van der Waals surface area contributed by atoms with Gasteiger partial charge in [-0.3, -0.25) is 9.58 Å². The molecule has 1 fully saturated rings. The van der Waals surface area contributed by atoms with Crippen LogP contribution >= 0.6 is 0 Å². The van der Waals surface area contributed by atoms with E-state index in [2.05, 4.69) is 40.3 Å². The Morgan fingerprint density at radius 1 is 1.15 bits per heavy atom. The van der Waals surface area contributed by atoms with E-state index in [0.29, 0.717) is 6.04 Å². The molecule has 0 spiro atoms. The van der Waals surface area contributed by atoms with E-state index in [1.165, 1.54) is 29.7 Å². The molecule has 1 saturated heterocycles. The molecule has 4 rings (SSSR count). The summed E-state index contributed by atoms with van der Waals surface area (Å²) in [7, 11) is 1.97. The summed E-state index contributed by atoms with van der Waals surface area (Å²) in [4.78, 5) is 14.6. The van der Waals surface area contributed by atoms with Gasteiger partial charge in [0.2, 0.25) is 5.95 Å². The maximum absolute atomic E-state index is 4.94. The lowest BCUT2D eigenvalue weighted by Crippen LogP contribution is -2.33. The Balaban J connectivity index is 1.59. The Bertz CT molecular complexity index is 761. The highest BCUT2D eigenvalue weighted by atomic mass is 15.3. The summed E-state index contributed by atoms with van der Waals surface area (Å²) >= 11 is 0.